The van der Waals surface area contributed by atoms with Crippen LogP contribution in [0.25, 0.3) is 17.3 Å². The summed E-state index contributed by atoms with van der Waals surface area (Å²) >= 11 is 13.1. The molecule has 0 spiro atoms. The molecule has 4 aliphatic carbocycles. The highest BCUT2D eigenvalue weighted by Crippen LogP contribution is 2.58. The smallest absolute Gasteiger partial charge is 0.337 e. The van der Waals surface area contributed by atoms with Gasteiger partial charge in [0.1, 0.15) is 11.5 Å². The van der Waals surface area contributed by atoms with E-state index in [4.69, 9.17) is 32.5 Å². The lowest BCUT2D eigenvalue weighted by Crippen LogP contribution is -2.47. The summed E-state index contributed by atoms with van der Waals surface area (Å²) in [5.74, 6) is 0.904. The number of nitrogens with zero attached hydrogens (tertiary/aromatic N) is 1. The molecule has 7 rings (SSSR count). The highest BCUT2D eigenvalue weighted by atomic mass is 35.5. The second-order valence-corrected chi connectivity index (χ2v) is 12.0. The quantitative estimate of drug-likeness (QED) is 0.292. The third-order valence-electron chi connectivity index (χ3n) is 8.83. The number of rotatable bonds is 7. The molecular formula is C31H30Cl2N2O4. The van der Waals surface area contributed by atoms with Crippen LogP contribution in [0.15, 0.2) is 53.1 Å². The number of carbonyl (C=O) groups excluding carboxylic acids is 2. The molecular weight excluding hydrogens is 535 g/mol. The molecule has 2 bridgehead atoms. The molecule has 0 aliphatic heterocycles. The molecule has 1 aromatic heterocycles. The minimum atomic E-state index is -0.422. The van der Waals surface area contributed by atoms with Gasteiger partial charge < -0.3 is 14.6 Å². The summed E-state index contributed by atoms with van der Waals surface area (Å²) in [4.78, 5) is 25.3. The van der Waals surface area contributed by atoms with E-state index in [-0.39, 0.29) is 16.7 Å². The molecule has 0 radical (unpaired) electrons. The van der Waals surface area contributed by atoms with Crippen molar-refractivity contribution in [3.05, 3.63) is 75.5 Å². The van der Waals surface area contributed by atoms with Crippen LogP contribution in [0, 0.1) is 10.8 Å². The van der Waals surface area contributed by atoms with Crippen molar-refractivity contribution in [1.82, 2.24) is 5.16 Å². The van der Waals surface area contributed by atoms with Crippen LogP contribution in [-0.2, 0) is 9.53 Å². The molecule has 4 fully saturated rings. The molecule has 3 aromatic rings. The van der Waals surface area contributed by atoms with Crippen LogP contribution in [-0.4, -0.2) is 24.1 Å². The van der Waals surface area contributed by atoms with Crippen molar-refractivity contribution in [2.45, 2.75) is 57.3 Å². The third kappa shape index (κ3) is 4.89. The Hall–Kier alpha value is -3.09. The number of halogens is 2. The van der Waals surface area contributed by atoms with Gasteiger partial charge in [-0.3, -0.25) is 4.79 Å². The van der Waals surface area contributed by atoms with Gasteiger partial charge in [0.2, 0.25) is 5.91 Å². The minimum Gasteiger partial charge on any atom is -0.465 e. The first-order valence-corrected chi connectivity index (χ1v) is 14.2. The molecule has 1 heterocycles. The Bertz CT molecular complexity index is 1430. The van der Waals surface area contributed by atoms with Gasteiger partial charge in [0, 0.05) is 28.1 Å². The van der Waals surface area contributed by atoms with Crippen molar-refractivity contribution in [1.29, 1.82) is 0 Å². The van der Waals surface area contributed by atoms with E-state index in [9.17, 15) is 9.59 Å². The first kappa shape index (κ1) is 26.1. The van der Waals surface area contributed by atoms with Crippen molar-refractivity contribution >= 4 is 46.8 Å². The van der Waals surface area contributed by atoms with Gasteiger partial charge in [-0.15, -0.1) is 0 Å². The van der Waals surface area contributed by atoms with Gasteiger partial charge >= 0.3 is 5.97 Å². The highest BCUT2D eigenvalue weighted by molar-refractivity contribution is 6.39. The topological polar surface area (TPSA) is 81.4 Å². The molecule has 4 aliphatic rings. The number of methoxy groups -OCH3 is 1. The van der Waals surface area contributed by atoms with Gasteiger partial charge in [0.05, 0.1) is 22.7 Å². The van der Waals surface area contributed by atoms with Crippen molar-refractivity contribution in [2.24, 2.45) is 10.8 Å². The number of hydrogen-bond donors (Lipinski definition) is 1. The summed E-state index contributed by atoms with van der Waals surface area (Å²) in [5.41, 5.74) is 3.04. The molecule has 0 saturated heterocycles. The van der Waals surface area contributed by atoms with Crippen LogP contribution in [0.4, 0.5) is 5.69 Å². The van der Waals surface area contributed by atoms with Gasteiger partial charge in [-0.1, -0.05) is 52.6 Å². The summed E-state index contributed by atoms with van der Waals surface area (Å²) < 4.78 is 10.6. The Kier molecular flexibility index (Phi) is 6.80. The number of aromatic nitrogens is 1. The second kappa shape index (κ2) is 10.1. The molecule has 1 N–H and O–H groups in total. The Morgan fingerprint density at radius 3 is 2.33 bits per heavy atom. The molecule has 2 aromatic carbocycles. The summed E-state index contributed by atoms with van der Waals surface area (Å²) in [7, 11) is 1.35. The zero-order valence-electron chi connectivity index (χ0n) is 21.8. The van der Waals surface area contributed by atoms with Crippen LogP contribution in [0.3, 0.4) is 0 Å². The van der Waals surface area contributed by atoms with Crippen molar-refractivity contribution in [3.8, 4) is 11.3 Å². The Balaban J connectivity index is 1.20. The van der Waals surface area contributed by atoms with Crippen molar-refractivity contribution < 1.29 is 18.8 Å². The van der Waals surface area contributed by atoms with E-state index in [0.29, 0.717) is 38.5 Å². The monoisotopic (exact) mass is 564 g/mol. The predicted molar refractivity (Wildman–Crippen MR) is 152 cm³/mol. The first-order valence-electron chi connectivity index (χ1n) is 13.5. The number of fused-ring (bicyclic) bond motifs is 3. The lowest BCUT2D eigenvalue weighted by atomic mass is 9.53. The van der Waals surface area contributed by atoms with E-state index in [1.165, 1.54) is 7.11 Å². The van der Waals surface area contributed by atoms with Crippen molar-refractivity contribution in [2.75, 3.05) is 12.4 Å². The Morgan fingerprint density at radius 2 is 1.69 bits per heavy atom. The van der Waals surface area contributed by atoms with E-state index >= 15 is 0 Å². The minimum absolute atomic E-state index is 0.0342. The molecule has 1 amide bonds. The van der Waals surface area contributed by atoms with Gasteiger partial charge in [0.25, 0.3) is 0 Å². The van der Waals surface area contributed by atoms with Gasteiger partial charge in [-0.25, -0.2) is 4.79 Å². The molecule has 4 saturated carbocycles. The Morgan fingerprint density at radius 1 is 1.03 bits per heavy atom. The number of hydrogen-bond acceptors (Lipinski definition) is 5. The summed E-state index contributed by atoms with van der Waals surface area (Å²) in [5, 5.41) is 8.58. The Labute approximate surface area is 237 Å². The summed E-state index contributed by atoms with van der Waals surface area (Å²) in [6.07, 6.45) is 11.9. The molecule has 0 atom stereocenters. The standard InChI is InChI=1S/C31H30Cl2N2O4/c1-38-28(36)20-4-2-5-21(18-20)34-29(37)31-15-12-30(13-16-31,14-17-31)11-10-22-26(35-39-27(22)19-8-9-19)25-23(32)6-3-7-24(25)33/h2-7,10-11,18-19H,8-9,12-17H2,1H3,(H,34,37). The zero-order valence-corrected chi connectivity index (χ0v) is 23.3. The number of benzene rings is 2. The number of esters is 1. The van der Waals surface area contributed by atoms with Crippen LogP contribution >= 0.6 is 23.2 Å². The van der Waals surface area contributed by atoms with E-state index < -0.39 is 5.97 Å². The fourth-order valence-electron chi connectivity index (χ4n) is 6.19. The molecule has 8 heteroatoms. The van der Waals surface area contributed by atoms with Crippen LogP contribution in [0.5, 0.6) is 0 Å². The van der Waals surface area contributed by atoms with E-state index in [2.05, 4.69) is 22.6 Å². The molecule has 6 nitrogen and oxygen atoms in total. The second-order valence-electron chi connectivity index (χ2n) is 11.2. The van der Waals surface area contributed by atoms with Crippen LogP contribution in [0.1, 0.15) is 79.0 Å². The number of allylic oxidation sites excluding steroid dienone is 1. The average molecular weight is 565 g/mol. The maximum Gasteiger partial charge on any atom is 0.337 e. The fraction of sp³-hybridized carbons (Fsp3) is 0.387. The SMILES string of the molecule is COC(=O)c1cccc(NC(=O)C23CCC(C=Cc4c(-c5c(Cl)cccc5Cl)noc4C4CC4)(CC2)CC3)c1. The largest absolute Gasteiger partial charge is 0.465 e. The fourth-order valence-corrected chi connectivity index (χ4v) is 6.76. The normalized spacial score (nSPS) is 24.2. The number of amides is 1. The van der Waals surface area contributed by atoms with Gasteiger partial charge in [0.15, 0.2) is 0 Å². The summed E-state index contributed by atoms with van der Waals surface area (Å²) in [6, 6.07) is 12.4. The predicted octanol–water partition coefficient (Wildman–Crippen LogP) is 8.30. The maximum atomic E-state index is 13.4. The molecule has 39 heavy (non-hydrogen) atoms. The van der Waals surface area contributed by atoms with Crippen LogP contribution in [0.2, 0.25) is 10.0 Å². The number of anilines is 1. The molecule has 0 unspecified atom stereocenters. The molecule has 202 valence electrons. The van der Waals surface area contributed by atoms with Gasteiger partial charge in [-0.05, 0) is 87.1 Å². The number of ether oxygens (including phenoxy) is 1. The lowest BCUT2D eigenvalue weighted by Gasteiger charge is -2.51. The van der Waals surface area contributed by atoms with Gasteiger partial charge in [-0.2, -0.15) is 0 Å². The van der Waals surface area contributed by atoms with E-state index in [1.807, 2.05) is 18.2 Å². The zero-order chi connectivity index (χ0) is 27.2. The first-order chi connectivity index (χ1) is 18.8. The van der Waals surface area contributed by atoms with E-state index in [0.717, 1.165) is 62.7 Å². The number of nitrogens with one attached hydrogen (secondary N) is 1. The average Bonchev–Trinajstić information content (AvgIpc) is 3.72. The lowest BCUT2D eigenvalue weighted by molar-refractivity contribution is -0.133. The van der Waals surface area contributed by atoms with Crippen molar-refractivity contribution in [3.63, 3.8) is 0 Å². The highest BCUT2D eigenvalue weighted by Gasteiger charge is 2.51. The maximum absolute atomic E-state index is 13.4. The summed E-state index contributed by atoms with van der Waals surface area (Å²) in [6.45, 7) is 0. The third-order valence-corrected chi connectivity index (χ3v) is 9.46. The number of carbonyl (C=O) groups is 2. The van der Waals surface area contributed by atoms with E-state index in [1.54, 1.807) is 24.3 Å². The van der Waals surface area contributed by atoms with Crippen LogP contribution < -0.4 is 5.32 Å².